The zero-order valence-corrected chi connectivity index (χ0v) is 27.0. The van der Waals surface area contributed by atoms with Gasteiger partial charge in [0.25, 0.3) is 0 Å². The summed E-state index contributed by atoms with van der Waals surface area (Å²) in [5, 5.41) is 10.2. The van der Waals surface area contributed by atoms with Crippen molar-refractivity contribution in [1.29, 1.82) is 0 Å². The first-order chi connectivity index (χ1) is 23.3. The number of thiophene rings is 2. The molecule has 3 heteroatoms. The number of anilines is 3. The Morgan fingerprint density at radius 2 is 0.830 bits per heavy atom. The quantitative estimate of drug-likeness (QED) is 0.174. The van der Waals surface area contributed by atoms with E-state index in [2.05, 4.69) is 169 Å². The number of rotatable bonds is 4. The summed E-state index contributed by atoms with van der Waals surface area (Å²) in [6.45, 7) is 0. The van der Waals surface area contributed by atoms with Gasteiger partial charge in [-0.25, -0.2) is 0 Å². The molecule has 0 fully saturated rings. The highest BCUT2D eigenvalue weighted by atomic mass is 32.1. The first kappa shape index (κ1) is 26.7. The zero-order valence-electron chi connectivity index (χ0n) is 25.4. The van der Waals surface area contributed by atoms with Crippen LogP contribution in [0.1, 0.15) is 0 Å². The number of nitrogens with zero attached hydrogens (tertiary/aromatic N) is 1. The highest BCUT2D eigenvalue weighted by Crippen LogP contribution is 2.51. The van der Waals surface area contributed by atoms with Crippen LogP contribution in [0.3, 0.4) is 0 Å². The van der Waals surface area contributed by atoms with Crippen molar-refractivity contribution in [3.05, 3.63) is 164 Å². The van der Waals surface area contributed by atoms with Gasteiger partial charge in [0.2, 0.25) is 0 Å². The molecule has 0 bridgehead atoms. The highest BCUT2D eigenvalue weighted by Gasteiger charge is 2.24. The molecule has 0 saturated carbocycles. The Bertz CT molecular complexity index is 2820. The normalized spacial score (nSPS) is 11.8. The number of benzene rings is 8. The molecule has 0 radical (unpaired) electrons. The van der Waals surface area contributed by atoms with E-state index in [0.29, 0.717) is 0 Å². The Hall–Kier alpha value is -5.48. The van der Waals surface area contributed by atoms with E-state index in [1.54, 1.807) is 0 Å². The minimum Gasteiger partial charge on any atom is -0.308 e. The summed E-state index contributed by atoms with van der Waals surface area (Å²) in [5.74, 6) is 0. The molecule has 10 rings (SSSR count). The molecule has 2 heterocycles. The second-order valence-corrected chi connectivity index (χ2v) is 14.2. The van der Waals surface area contributed by atoms with Gasteiger partial charge in [-0.05, 0) is 46.5 Å². The van der Waals surface area contributed by atoms with E-state index in [9.17, 15) is 0 Å². The molecular weight excluding hydrogens is 607 g/mol. The van der Waals surface area contributed by atoms with Crippen molar-refractivity contribution < 1.29 is 0 Å². The fourth-order valence-electron chi connectivity index (χ4n) is 7.37. The molecule has 220 valence electrons. The molecule has 0 aliphatic carbocycles. The van der Waals surface area contributed by atoms with Gasteiger partial charge in [0.1, 0.15) is 0 Å². The van der Waals surface area contributed by atoms with Gasteiger partial charge in [-0.2, -0.15) is 0 Å². The minimum atomic E-state index is 1.17. The van der Waals surface area contributed by atoms with Crippen LogP contribution in [-0.2, 0) is 0 Å². The van der Waals surface area contributed by atoms with Gasteiger partial charge in [0.15, 0.2) is 0 Å². The summed E-state index contributed by atoms with van der Waals surface area (Å²) in [5.41, 5.74) is 6.03. The topological polar surface area (TPSA) is 3.24 Å². The summed E-state index contributed by atoms with van der Waals surface area (Å²) in [4.78, 5) is 2.54. The molecule has 0 spiro atoms. The average Bonchev–Trinajstić information content (AvgIpc) is 3.71. The van der Waals surface area contributed by atoms with Crippen LogP contribution in [0.4, 0.5) is 17.1 Å². The summed E-state index contributed by atoms with van der Waals surface area (Å²) < 4.78 is 5.24. The van der Waals surface area contributed by atoms with Crippen molar-refractivity contribution in [3.8, 4) is 11.1 Å². The number of hydrogen-bond donors (Lipinski definition) is 0. The van der Waals surface area contributed by atoms with Crippen LogP contribution in [0, 0.1) is 0 Å². The van der Waals surface area contributed by atoms with Crippen molar-refractivity contribution >= 4 is 102 Å². The third-order valence-corrected chi connectivity index (χ3v) is 11.9. The van der Waals surface area contributed by atoms with E-state index in [0.717, 1.165) is 0 Å². The molecule has 47 heavy (non-hydrogen) atoms. The monoisotopic (exact) mass is 633 g/mol. The van der Waals surface area contributed by atoms with Gasteiger partial charge < -0.3 is 4.90 Å². The summed E-state index contributed by atoms with van der Waals surface area (Å²) in [6, 6.07) is 60.2. The number of hydrogen-bond acceptors (Lipinski definition) is 3. The maximum atomic E-state index is 2.54. The molecule has 10 aromatic rings. The Kier molecular flexibility index (Phi) is 5.98. The highest BCUT2D eigenvalue weighted by molar-refractivity contribution is 7.26. The molecule has 0 saturated heterocycles. The van der Waals surface area contributed by atoms with Crippen molar-refractivity contribution in [1.82, 2.24) is 0 Å². The molecule has 0 aliphatic heterocycles. The second-order valence-electron chi connectivity index (χ2n) is 12.0. The lowest BCUT2D eigenvalue weighted by Gasteiger charge is -2.30. The first-order valence-electron chi connectivity index (χ1n) is 15.9. The largest absolute Gasteiger partial charge is 0.308 e. The molecule has 0 N–H and O–H groups in total. The van der Waals surface area contributed by atoms with Gasteiger partial charge >= 0.3 is 0 Å². The lowest BCUT2D eigenvalue weighted by atomic mass is 9.96. The van der Waals surface area contributed by atoms with Crippen molar-refractivity contribution in [2.45, 2.75) is 0 Å². The van der Waals surface area contributed by atoms with Gasteiger partial charge in [-0.15, -0.1) is 22.7 Å². The molecule has 8 aromatic carbocycles. The lowest BCUT2D eigenvalue weighted by molar-refractivity contribution is 1.32. The maximum absolute atomic E-state index is 2.54. The molecule has 0 aliphatic rings. The van der Waals surface area contributed by atoms with Crippen LogP contribution in [0.15, 0.2) is 164 Å². The van der Waals surface area contributed by atoms with Crippen molar-refractivity contribution in [2.24, 2.45) is 0 Å². The van der Waals surface area contributed by atoms with E-state index in [4.69, 9.17) is 0 Å². The molecule has 0 atom stereocenters. The standard InChI is InChI=1S/C44H27NS2/c1-2-14-29-28(13-1)27-40(31-16-4-3-15-30(29)31)45(39-24-12-22-37-34-19-7-10-26-42(34)47-44(37)39)38-23-8-5-17-32(38)35-20-11-21-36-33-18-6-9-25-41(33)46-43(35)36/h1-27H. The third kappa shape index (κ3) is 4.07. The van der Waals surface area contributed by atoms with Crippen LogP contribution in [0.2, 0.25) is 0 Å². The predicted octanol–water partition coefficient (Wildman–Crippen LogP) is 13.9. The smallest absolute Gasteiger partial charge is 0.0640 e. The van der Waals surface area contributed by atoms with Crippen LogP contribution in [0.5, 0.6) is 0 Å². The number of fused-ring (bicyclic) bond motifs is 9. The van der Waals surface area contributed by atoms with Crippen LogP contribution in [0.25, 0.3) is 73.0 Å². The van der Waals surface area contributed by atoms with E-state index in [1.165, 1.54) is 90.1 Å². The van der Waals surface area contributed by atoms with Crippen LogP contribution < -0.4 is 4.90 Å². The summed E-state index contributed by atoms with van der Waals surface area (Å²) >= 11 is 3.77. The maximum Gasteiger partial charge on any atom is 0.0640 e. The minimum absolute atomic E-state index is 1.17. The summed E-state index contributed by atoms with van der Waals surface area (Å²) in [6.07, 6.45) is 0. The molecule has 2 aromatic heterocycles. The molecule has 0 amide bonds. The van der Waals surface area contributed by atoms with E-state index >= 15 is 0 Å². The Morgan fingerprint density at radius 3 is 1.62 bits per heavy atom. The zero-order chi connectivity index (χ0) is 30.9. The van der Waals surface area contributed by atoms with Crippen LogP contribution >= 0.6 is 22.7 Å². The van der Waals surface area contributed by atoms with E-state index in [-0.39, 0.29) is 0 Å². The third-order valence-electron chi connectivity index (χ3n) is 9.45. The Balaban J connectivity index is 1.34. The van der Waals surface area contributed by atoms with Crippen molar-refractivity contribution in [2.75, 3.05) is 4.90 Å². The van der Waals surface area contributed by atoms with Crippen LogP contribution in [-0.4, -0.2) is 0 Å². The molecular formula is C44H27NS2. The Morgan fingerprint density at radius 1 is 0.319 bits per heavy atom. The summed E-state index contributed by atoms with van der Waals surface area (Å²) in [7, 11) is 0. The Labute approximate surface area is 280 Å². The van der Waals surface area contributed by atoms with Crippen molar-refractivity contribution in [3.63, 3.8) is 0 Å². The number of para-hydroxylation sites is 1. The van der Waals surface area contributed by atoms with Gasteiger partial charge in [0, 0.05) is 52.2 Å². The van der Waals surface area contributed by atoms with Gasteiger partial charge in [-0.3, -0.25) is 0 Å². The van der Waals surface area contributed by atoms with Gasteiger partial charge in [0.05, 0.1) is 21.8 Å². The van der Waals surface area contributed by atoms with E-state index < -0.39 is 0 Å². The average molecular weight is 634 g/mol. The van der Waals surface area contributed by atoms with E-state index in [1.807, 2.05) is 22.7 Å². The SMILES string of the molecule is c1ccc(N(c2cc3ccccc3c3ccccc23)c2cccc3c2sc2ccccc23)c(-c2cccc3c2sc2ccccc23)c1. The predicted molar refractivity (Wildman–Crippen MR) is 207 cm³/mol. The second kappa shape index (κ2) is 10.5. The fourth-order valence-corrected chi connectivity index (χ4v) is 9.81. The first-order valence-corrected chi connectivity index (χ1v) is 17.6. The fraction of sp³-hybridized carbons (Fsp3) is 0. The molecule has 0 unspecified atom stereocenters. The molecule has 1 nitrogen and oxygen atoms in total. The lowest BCUT2D eigenvalue weighted by Crippen LogP contribution is -2.12. The van der Waals surface area contributed by atoms with Gasteiger partial charge in [-0.1, -0.05) is 133 Å².